The number of hydrogen-bond acceptors (Lipinski definition) is 3. The SMILES string of the molecule is O=S(=O)(C(F)F)N(CCO)CC(F)(F)F. The van der Waals surface area contributed by atoms with Crippen molar-refractivity contribution in [1.82, 2.24) is 4.31 Å². The van der Waals surface area contributed by atoms with Crippen LogP contribution < -0.4 is 0 Å². The zero-order chi connectivity index (χ0) is 12.3. The lowest BCUT2D eigenvalue weighted by atomic mass is 10.6. The molecule has 0 aliphatic carbocycles. The number of hydrogen-bond donors (Lipinski definition) is 1. The quantitative estimate of drug-likeness (QED) is 0.725. The third-order valence-electron chi connectivity index (χ3n) is 1.29. The minimum absolute atomic E-state index is 0.502. The van der Waals surface area contributed by atoms with Crippen molar-refractivity contribution in [3.63, 3.8) is 0 Å². The molecule has 92 valence electrons. The van der Waals surface area contributed by atoms with Crippen LogP contribution >= 0.6 is 0 Å². The van der Waals surface area contributed by atoms with Gasteiger partial charge in [0.1, 0.15) is 6.54 Å². The normalized spacial score (nSPS) is 13.9. The second kappa shape index (κ2) is 5.03. The molecule has 15 heavy (non-hydrogen) atoms. The van der Waals surface area contributed by atoms with Crippen molar-refractivity contribution >= 4 is 10.0 Å². The number of halogens is 5. The van der Waals surface area contributed by atoms with Crippen LogP contribution in [-0.4, -0.2) is 49.5 Å². The van der Waals surface area contributed by atoms with Gasteiger partial charge in [-0.25, -0.2) is 8.42 Å². The van der Waals surface area contributed by atoms with Gasteiger partial charge in [0.15, 0.2) is 0 Å². The van der Waals surface area contributed by atoms with E-state index in [4.69, 9.17) is 5.11 Å². The van der Waals surface area contributed by atoms with Gasteiger partial charge in [-0.2, -0.15) is 26.3 Å². The lowest BCUT2D eigenvalue weighted by Crippen LogP contribution is -2.43. The molecule has 0 aromatic rings. The number of rotatable bonds is 5. The minimum Gasteiger partial charge on any atom is -0.395 e. The van der Waals surface area contributed by atoms with Gasteiger partial charge in [0, 0.05) is 6.54 Å². The molecule has 0 heterocycles. The van der Waals surface area contributed by atoms with E-state index in [1.165, 1.54) is 0 Å². The van der Waals surface area contributed by atoms with Gasteiger partial charge >= 0.3 is 11.9 Å². The molecule has 4 nitrogen and oxygen atoms in total. The Kier molecular flexibility index (Phi) is 4.87. The maximum absolute atomic E-state index is 11.9. The Morgan fingerprint density at radius 1 is 1.27 bits per heavy atom. The first-order valence-corrected chi connectivity index (χ1v) is 5.06. The van der Waals surface area contributed by atoms with E-state index in [0.29, 0.717) is 0 Å². The van der Waals surface area contributed by atoms with Gasteiger partial charge in [-0.3, -0.25) is 0 Å². The summed E-state index contributed by atoms with van der Waals surface area (Å²) in [7, 11) is -5.31. The molecule has 0 spiro atoms. The van der Waals surface area contributed by atoms with Gasteiger partial charge in [0.2, 0.25) is 0 Å². The summed E-state index contributed by atoms with van der Waals surface area (Å²) >= 11 is 0. The zero-order valence-corrected chi connectivity index (χ0v) is 8.02. The molecule has 0 saturated heterocycles. The maximum atomic E-state index is 11.9. The van der Waals surface area contributed by atoms with Gasteiger partial charge in [-0.05, 0) is 0 Å². The topological polar surface area (TPSA) is 57.6 Å². The molecule has 0 radical (unpaired) electrons. The van der Waals surface area contributed by atoms with Crippen molar-refractivity contribution in [1.29, 1.82) is 0 Å². The maximum Gasteiger partial charge on any atom is 0.402 e. The average Bonchev–Trinajstić information content (AvgIpc) is 2.00. The number of alkyl halides is 5. The average molecular weight is 257 g/mol. The molecule has 0 amide bonds. The van der Waals surface area contributed by atoms with E-state index in [0.717, 1.165) is 0 Å². The van der Waals surface area contributed by atoms with Crippen molar-refractivity contribution in [3.05, 3.63) is 0 Å². The summed E-state index contributed by atoms with van der Waals surface area (Å²) in [6.45, 7) is -4.03. The predicted octanol–water partition coefficient (Wildman–Crippen LogP) is 0.395. The number of aliphatic hydroxyl groups excluding tert-OH is 1. The van der Waals surface area contributed by atoms with Gasteiger partial charge in [0.25, 0.3) is 10.0 Å². The number of sulfonamides is 1. The predicted molar refractivity (Wildman–Crippen MR) is 39.6 cm³/mol. The second-order valence-corrected chi connectivity index (χ2v) is 4.38. The third-order valence-corrected chi connectivity index (χ3v) is 2.77. The minimum atomic E-state index is -5.31. The summed E-state index contributed by atoms with van der Waals surface area (Å²) in [5.74, 6) is -3.94. The van der Waals surface area contributed by atoms with Crippen molar-refractivity contribution in [2.45, 2.75) is 11.9 Å². The molecule has 1 N–H and O–H groups in total. The molecule has 0 aliphatic rings. The van der Waals surface area contributed by atoms with Crippen molar-refractivity contribution in [2.75, 3.05) is 19.7 Å². The van der Waals surface area contributed by atoms with Crippen LogP contribution in [0.4, 0.5) is 22.0 Å². The highest BCUT2D eigenvalue weighted by molar-refractivity contribution is 7.89. The van der Waals surface area contributed by atoms with Crippen LogP contribution in [0.2, 0.25) is 0 Å². The Bertz CT molecular complexity index is 288. The van der Waals surface area contributed by atoms with E-state index >= 15 is 0 Å². The molecule has 0 fully saturated rings. The van der Waals surface area contributed by atoms with Crippen molar-refractivity contribution < 1.29 is 35.5 Å². The molecule has 0 aromatic heterocycles. The molecular formula is C5H8F5NO3S. The van der Waals surface area contributed by atoms with Crippen molar-refractivity contribution in [3.8, 4) is 0 Å². The first-order valence-electron chi connectivity index (χ1n) is 3.56. The standard InChI is InChI=1S/C5H8F5NO3S/c6-4(7)15(13,14)11(1-2-12)3-5(8,9)10/h4,12H,1-3H2. The van der Waals surface area contributed by atoms with Gasteiger partial charge < -0.3 is 5.11 Å². The highest BCUT2D eigenvalue weighted by atomic mass is 32.2. The number of nitrogens with zero attached hydrogens (tertiary/aromatic N) is 1. The Hall–Kier alpha value is -0.480. The first kappa shape index (κ1) is 14.5. The van der Waals surface area contributed by atoms with E-state index in [1.54, 1.807) is 0 Å². The van der Waals surface area contributed by atoms with E-state index in [9.17, 15) is 30.4 Å². The molecule has 0 atom stereocenters. The molecule has 0 aromatic carbocycles. The Morgan fingerprint density at radius 2 is 1.73 bits per heavy atom. The van der Waals surface area contributed by atoms with Crippen LogP contribution in [0.25, 0.3) is 0 Å². The molecule has 10 heteroatoms. The molecule has 0 aliphatic heterocycles. The van der Waals surface area contributed by atoms with E-state index < -0.39 is 46.0 Å². The van der Waals surface area contributed by atoms with Crippen LogP contribution in [0.1, 0.15) is 0 Å². The summed E-state index contributed by atoms with van der Waals surface area (Å²) in [6.07, 6.45) is -4.93. The fourth-order valence-electron chi connectivity index (χ4n) is 0.720. The zero-order valence-electron chi connectivity index (χ0n) is 7.21. The Balaban J connectivity index is 4.83. The highest BCUT2D eigenvalue weighted by Gasteiger charge is 2.40. The van der Waals surface area contributed by atoms with Crippen LogP contribution in [-0.2, 0) is 10.0 Å². The molecule has 0 bridgehead atoms. The van der Waals surface area contributed by atoms with Crippen LogP contribution in [0.15, 0.2) is 0 Å². The van der Waals surface area contributed by atoms with Crippen LogP contribution in [0.5, 0.6) is 0 Å². The summed E-state index contributed by atoms with van der Waals surface area (Å²) in [6, 6.07) is 0. The van der Waals surface area contributed by atoms with Crippen LogP contribution in [0.3, 0.4) is 0 Å². The van der Waals surface area contributed by atoms with E-state index in [2.05, 4.69) is 0 Å². The molecule has 0 unspecified atom stereocenters. The molecule has 0 rings (SSSR count). The molecular weight excluding hydrogens is 249 g/mol. The van der Waals surface area contributed by atoms with Crippen molar-refractivity contribution in [2.24, 2.45) is 0 Å². The van der Waals surface area contributed by atoms with Crippen LogP contribution in [0, 0.1) is 0 Å². The van der Waals surface area contributed by atoms with Gasteiger partial charge in [-0.1, -0.05) is 0 Å². The fraction of sp³-hybridized carbons (Fsp3) is 1.00. The summed E-state index contributed by atoms with van der Waals surface area (Å²) in [5, 5.41) is 8.26. The second-order valence-electron chi connectivity index (χ2n) is 2.48. The summed E-state index contributed by atoms with van der Waals surface area (Å²) < 4.78 is 80.0. The lowest BCUT2D eigenvalue weighted by molar-refractivity contribution is -0.137. The monoisotopic (exact) mass is 257 g/mol. The first-order chi connectivity index (χ1) is 6.61. The smallest absolute Gasteiger partial charge is 0.395 e. The Morgan fingerprint density at radius 3 is 2.00 bits per heavy atom. The van der Waals surface area contributed by atoms with E-state index in [-0.39, 0.29) is 0 Å². The van der Waals surface area contributed by atoms with Gasteiger partial charge in [0.05, 0.1) is 6.61 Å². The third kappa shape index (κ3) is 4.71. The summed E-state index contributed by atoms with van der Waals surface area (Å²) in [4.78, 5) is 0. The summed E-state index contributed by atoms with van der Waals surface area (Å²) in [5.41, 5.74) is 0. The Labute approximate surface area is 82.3 Å². The fourth-order valence-corrected chi connectivity index (χ4v) is 1.61. The lowest BCUT2D eigenvalue weighted by Gasteiger charge is -2.21. The highest BCUT2D eigenvalue weighted by Crippen LogP contribution is 2.20. The van der Waals surface area contributed by atoms with Gasteiger partial charge in [-0.15, -0.1) is 0 Å². The molecule has 0 saturated carbocycles. The largest absolute Gasteiger partial charge is 0.402 e. The number of aliphatic hydroxyl groups is 1. The van der Waals surface area contributed by atoms with E-state index in [1.807, 2.05) is 0 Å².